The van der Waals surface area contributed by atoms with Gasteiger partial charge in [0, 0.05) is 11.1 Å². The van der Waals surface area contributed by atoms with E-state index in [1.807, 2.05) is 20.8 Å². The zero-order chi connectivity index (χ0) is 25.8. The number of hydrogen-bond acceptors (Lipinski definition) is 5. The molecule has 2 atom stereocenters. The van der Waals surface area contributed by atoms with Crippen LogP contribution in [0.3, 0.4) is 0 Å². The highest BCUT2D eigenvalue weighted by Crippen LogP contribution is 2.26. The van der Waals surface area contributed by atoms with Gasteiger partial charge in [0.05, 0.1) is 18.6 Å². The fraction of sp³-hybridized carbons (Fsp3) is 0.320. The molecule has 8 nitrogen and oxygen atoms in total. The number of hydrogen-bond donors (Lipinski definition) is 3. The number of aliphatic hydroxyl groups excluding tert-OH is 1. The van der Waals surface area contributed by atoms with Crippen molar-refractivity contribution in [3.63, 3.8) is 0 Å². The molecule has 2 aromatic carbocycles. The number of aliphatic carboxylic acids is 1. The van der Waals surface area contributed by atoms with Crippen LogP contribution in [0.2, 0.25) is 5.02 Å². The number of halogens is 2. The summed E-state index contributed by atoms with van der Waals surface area (Å²) in [5.41, 5.74) is 0.0130. The van der Waals surface area contributed by atoms with Gasteiger partial charge in [-0.2, -0.15) is 9.78 Å². The molecule has 0 saturated heterocycles. The predicted octanol–water partition coefficient (Wildman–Crippen LogP) is 4.40. The summed E-state index contributed by atoms with van der Waals surface area (Å²) in [4.78, 5) is 24.4. The van der Waals surface area contributed by atoms with E-state index in [1.165, 1.54) is 24.3 Å². The van der Waals surface area contributed by atoms with E-state index >= 15 is 0 Å². The number of nitrogens with zero attached hydrogens (tertiary/aromatic N) is 2. The summed E-state index contributed by atoms with van der Waals surface area (Å²) < 4.78 is 21.4. The van der Waals surface area contributed by atoms with Gasteiger partial charge in [0.2, 0.25) is 5.88 Å². The van der Waals surface area contributed by atoms with Crippen LogP contribution in [0.15, 0.2) is 54.6 Å². The molecule has 35 heavy (non-hydrogen) atoms. The van der Waals surface area contributed by atoms with Crippen LogP contribution in [0, 0.1) is 11.2 Å². The SMILES string of the molecule is CC(C)(C)C(O)COc1cc(C(=O)N[C@H](CC(=O)O)c2ccc(Cl)cc2)nn1-c1ccccc1F. The van der Waals surface area contributed by atoms with Gasteiger partial charge in [-0.25, -0.2) is 4.39 Å². The van der Waals surface area contributed by atoms with Gasteiger partial charge in [0.15, 0.2) is 5.69 Å². The third-order valence-corrected chi connectivity index (χ3v) is 5.59. The Hall–Kier alpha value is -3.43. The molecule has 0 bridgehead atoms. The standard InChI is InChI=1S/C25H27ClFN3O5/c1-25(2,3)21(31)14-35-22-12-19(29-30(22)20-7-5-4-6-17(20)27)24(34)28-18(13-23(32)33)15-8-10-16(26)11-9-15/h4-12,18,21,31H,13-14H2,1-3H3,(H,28,34)(H,32,33)/t18-,21?/m1/s1. The highest BCUT2D eigenvalue weighted by atomic mass is 35.5. The molecule has 10 heteroatoms. The number of carboxylic acid groups (broad SMARTS) is 1. The summed E-state index contributed by atoms with van der Waals surface area (Å²) in [5.74, 6) is -2.33. The number of amides is 1. The van der Waals surface area contributed by atoms with Gasteiger partial charge in [-0.05, 0) is 35.2 Å². The van der Waals surface area contributed by atoms with Crippen molar-refractivity contribution in [3.05, 3.63) is 76.7 Å². The molecule has 1 heterocycles. The van der Waals surface area contributed by atoms with Crippen LogP contribution in [0.25, 0.3) is 5.69 Å². The Labute approximate surface area is 207 Å². The Morgan fingerprint density at radius 3 is 2.43 bits per heavy atom. The fourth-order valence-corrected chi connectivity index (χ4v) is 3.27. The minimum absolute atomic E-state index is 0.0461. The Morgan fingerprint density at radius 2 is 1.83 bits per heavy atom. The number of para-hydroxylation sites is 1. The molecule has 1 amide bonds. The molecule has 0 radical (unpaired) electrons. The molecule has 0 spiro atoms. The molecule has 0 aliphatic rings. The van der Waals surface area contributed by atoms with Crippen LogP contribution in [-0.2, 0) is 4.79 Å². The summed E-state index contributed by atoms with van der Waals surface area (Å²) >= 11 is 5.92. The first kappa shape index (κ1) is 26.2. The molecule has 186 valence electrons. The molecule has 0 aliphatic heterocycles. The normalized spacial score (nSPS) is 13.2. The average molecular weight is 504 g/mol. The second kappa shape index (κ2) is 10.9. The zero-order valence-electron chi connectivity index (χ0n) is 19.5. The lowest BCUT2D eigenvalue weighted by molar-refractivity contribution is -0.137. The molecule has 3 rings (SSSR count). The molecule has 0 saturated carbocycles. The van der Waals surface area contributed by atoms with Crippen molar-refractivity contribution in [1.82, 2.24) is 15.1 Å². The summed E-state index contributed by atoms with van der Waals surface area (Å²) in [5, 5.41) is 27.0. The lowest BCUT2D eigenvalue weighted by Gasteiger charge is -2.25. The number of aromatic nitrogens is 2. The van der Waals surface area contributed by atoms with Gasteiger partial charge < -0.3 is 20.3 Å². The lowest BCUT2D eigenvalue weighted by atomic mass is 9.90. The van der Waals surface area contributed by atoms with Crippen molar-refractivity contribution in [2.45, 2.75) is 39.3 Å². The second-order valence-electron chi connectivity index (χ2n) is 9.10. The van der Waals surface area contributed by atoms with Gasteiger partial charge in [0.1, 0.15) is 18.1 Å². The molecule has 3 aromatic rings. The van der Waals surface area contributed by atoms with Crippen molar-refractivity contribution < 1.29 is 28.9 Å². The zero-order valence-corrected chi connectivity index (χ0v) is 20.3. The van der Waals surface area contributed by atoms with E-state index in [9.17, 15) is 24.2 Å². The predicted molar refractivity (Wildman–Crippen MR) is 128 cm³/mol. The van der Waals surface area contributed by atoms with Gasteiger partial charge in [0.25, 0.3) is 5.91 Å². The Bertz CT molecular complexity index is 1190. The second-order valence-corrected chi connectivity index (χ2v) is 9.54. The maximum atomic E-state index is 14.5. The maximum absolute atomic E-state index is 14.5. The smallest absolute Gasteiger partial charge is 0.305 e. The number of carbonyl (C=O) groups is 2. The van der Waals surface area contributed by atoms with Crippen LogP contribution in [0.5, 0.6) is 5.88 Å². The van der Waals surface area contributed by atoms with E-state index in [2.05, 4.69) is 10.4 Å². The largest absolute Gasteiger partial charge is 0.481 e. The highest BCUT2D eigenvalue weighted by molar-refractivity contribution is 6.30. The number of ether oxygens (including phenoxy) is 1. The van der Waals surface area contributed by atoms with E-state index in [-0.39, 0.29) is 30.3 Å². The van der Waals surface area contributed by atoms with Crippen LogP contribution in [0.4, 0.5) is 4.39 Å². The summed E-state index contributed by atoms with van der Waals surface area (Å²) in [6.07, 6.45) is -1.21. The van der Waals surface area contributed by atoms with Crippen LogP contribution in [0.1, 0.15) is 49.3 Å². The first-order valence-corrected chi connectivity index (χ1v) is 11.3. The number of nitrogens with one attached hydrogen (secondary N) is 1. The number of carboxylic acids is 1. The molecular weight excluding hydrogens is 477 g/mol. The number of rotatable bonds is 9. The van der Waals surface area contributed by atoms with E-state index in [4.69, 9.17) is 16.3 Å². The summed E-state index contributed by atoms with van der Waals surface area (Å²) in [6.45, 7) is 5.41. The number of benzene rings is 2. The third-order valence-electron chi connectivity index (χ3n) is 5.34. The minimum Gasteiger partial charge on any atom is -0.481 e. The molecule has 0 fully saturated rings. The Kier molecular flexibility index (Phi) is 8.14. The highest BCUT2D eigenvalue weighted by Gasteiger charge is 2.26. The first-order chi connectivity index (χ1) is 16.5. The van der Waals surface area contributed by atoms with Crippen LogP contribution < -0.4 is 10.1 Å². The average Bonchev–Trinajstić information content (AvgIpc) is 3.21. The van der Waals surface area contributed by atoms with E-state index < -0.39 is 35.3 Å². The van der Waals surface area contributed by atoms with Gasteiger partial charge in [-0.3, -0.25) is 9.59 Å². The van der Waals surface area contributed by atoms with Crippen LogP contribution >= 0.6 is 11.6 Å². The van der Waals surface area contributed by atoms with Crippen LogP contribution in [-0.4, -0.2) is 44.6 Å². The van der Waals surface area contributed by atoms with Crippen molar-refractivity contribution in [1.29, 1.82) is 0 Å². The van der Waals surface area contributed by atoms with Crippen molar-refractivity contribution in [3.8, 4) is 11.6 Å². The van der Waals surface area contributed by atoms with E-state index in [0.29, 0.717) is 10.6 Å². The van der Waals surface area contributed by atoms with Crippen molar-refractivity contribution in [2.24, 2.45) is 5.41 Å². The van der Waals surface area contributed by atoms with Gasteiger partial charge in [-0.1, -0.05) is 56.6 Å². The molecular formula is C25H27ClFN3O5. The van der Waals surface area contributed by atoms with Gasteiger partial charge >= 0.3 is 5.97 Å². The molecule has 0 aliphatic carbocycles. The van der Waals surface area contributed by atoms with E-state index in [1.54, 1.807) is 30.3 Å². The topological polar surface area (TPSA) is 114 Å². The first-order valence-electron chi connectivity index (χ1n) is 10.9. The number of aliphatic hydroxyl groups is 1. The van der Waals surface area contributed by atoms with Crippen molar-refractivity contribution in [2.75, 3.05) is 6.61 Å². The Balaban J connectivity index is 1.92. The third kappa shape index (κ3) is 6.80. The van der Waals surface area contributed by atoms with Gasteiger partial charge in [-0.15, -0.1) is 0 Å². The fourth-order valence-electron chi connectivity index (χ4n) is 3.14. The molecule has 3 N–H and O–H groups in total. The van der Waals surface area contributed by atoms with E-state index in [0.717, 1.165) is 4.68 Å². The molecule has 1 aromatic heterocycles. The lowest BCUT2D eigenvalue weighted by Crippen LogP contribution is -2.32. The minimum atomic E-state index is -1.11. The van der Waals surface area contributed by atoms with Crippen molar-refractivity contribution >= 4 is 23.5 Å². The number of carbonyl (C=O) groups excluding carboxylic acids is 1. The molecule has 1 unspecified atom stereocenters. The summed E-state index contributed by atoms with van der Waals surface area (Å²) in [7, 11) is 0. The maximum Gasteiger partial charge on any atom is 0.305 e. The quantitative estimate of drug-likeness (QED) is 0.399. The summed E-state index contributed by atoms with van der Waals surface area (Å²) in [6, 6.07) is 12.7. The Morgan fingerprint density at radius 1 is 1.17 bits per heavy atom. The monoisotopic (exact) mass is 503 g/mol.